The number of nitrogen functional groups attached to an aromatic ring is 1. The van der Waals surface area contributed by atoms with Crippen molar-refractivity contribution in [2.45, 2.75) is 13.5 Å². The van der Waals surface area contributed by atoms with Gasteiger partial charge in [0.25, 0.3) is 0 Å². The Labute approximate surface area is 140 Å². The van der Waals surface area contributed by atoms with E-state index < -0.39 is 0 Å². The van der Waals surface area contributed by atoms with Crippen LogP contribution in [0.3, 0.4) is 0 Å². The fraction of sp³-hybridized carbons (Fsp3) is 0.235. The average molecular weight is 325 g/mol. The second-order valence-corrected chi connectivity index (χ2v) is 5.27. The van der Waals surface area contributed by atoms with Gasteiger partial charge in [0.1, 0.15) is 5.69 Å². The number of anilines is 1. The summed E-state index contributed by atoms with van der Waals surface area (Å²) in [6, 6.07) is 10.0. The standard InChI is InChI=1S/C17H19N5O2/c1-11-14(16-19-9-13(23-2)15(18)20-16)21-22(17(11)24-3)10-12-7-5-4-6-8-12/h4-9H,10H2,1-3H3,(H2,18,19,20). The first-order chi connectivity index (χ1) is 11.6. The van der Waals surface area contributed by atoms with Crippen molar-refractivity contribution >= 4 is 5.82 Å². The van der Waals surface area contributed by atoms with Gasteiger partial charge in [-0.05, 0) is 12.5 Å². The summed E-state index contributed by atoms with van der Waals surface area (Å²) in [6.45, 7) is 2.52. The molecule has 3 rings (SSSR count). The molecule has 0 saturated carbocycles. The maximum absolute atomic E-state index is 5.88. The van der Waals surface area contributed by atoms with Gasteiger partial charge in [0.2, 0.25) is 5.88 Å². The van der Waals surface area contributed by atoms with Crippen molar-refractivity contribution in [3.05, 3.63) is 47.7 Å². The van der Waals surface area contributed by atoms with E-state index in [2.05, 4.69) is 15.1 Å². The minimum atomic E-state index is 0.276. The van der Waals surface area contributed by atoms with E-state index in [0.717, 1.165) is 11.1 Å². The van der Waals surface area contributed by atoms with Gasteiger partial charge in [-0.3, -0.25) is 0 Å². The Kier molecular flexibility index (Phi) is 4.33. The van der Waals surface area contributed by atoms with Crippen molar-refractivity contribution in [1.82, 2.24) is 19.7 Å². The molecule has 7 nitrogen and oxygen atoms in total. The van der Waals surface area contributed by atoms with E-state index in [-0.39, 0.29) is 5.82 Å². The predicted octanol–water partition coefficient (Wildman–Crippen LogP) is 2.30. The van der Waals surface area contributed by atoms with E-state index in [4.69, 9.17) is 15.2 Å². The number of aromatic nitrogens is 4. The Morgan fingerprint density at radius 3 is 2.50 bits per heavy atom. The molecule has 7 heteroatoms. The lowest BCUT2D eigenvalue weighted by molar-refractivity contribution is 0.364. The van der Waals surface area contributed by atoms with Crippen LogP contribution in [0.4, 0.5) is 5.82 Å². The molecule has 0 unspecified atom stereocenters. The zero-order valence-electron chi connectivity index (χ0n) is 13.9. The second kappa shape index (κ2) is 6.57. The van der Waals surface area contributed by atoms with E-state index in [1.807, 2.05) is 37.3 Å². The SMILES string of the molecule is COc1cnc(-c2nn(Cc3ccccc3)c(OC)c2C)nc1N. The zero-order chi connectivity index (χ0) is 17.1. The molecule has 0 aliphatic heterocycles. The highest BCUT2D eigenvalue weighted by atomic mass is 16.5. The molecular formula is C17H19N5O2. The first kappa shape index (κ1) is 15.8. The molecular weight excluding hydrogens is 306 g/mol. The van der Waals surface area contributed by atoms with E-state index >= 15 is 0 Å². The summed E-state index contributed by atoms with van der Waals surface area (Å²) >= 11 is 0. The number of rotatable bonds is 5. The third-order valence-electron chi connectivity index (χ3n) is 3.71. The van der Waals surface area contributed by atoms with Gasteiger partial charge in [-0.15, -0.1) is 0 Å². The molecule has 0 radical (unpaired) electrons. The van der Waals surface area contributed by atoms with E-state index in [9.17, 15) is 0 Å². The van der Waals surface area contributed by atoms with Crippen molar-refractivity contribution in [1.29, 1.82) is 0 Å². The number of nitrogens with two attached hydrogens (primary N) is 1. The topological polar surface area (TPSA) is 88.1 Å². The van der Waals surface area contributed by atoms with Crippen LogP contribution in [0.25, 0.3) is 11.5 Å². The Balaban J connectivity index is 2.02. The highest BCUT2D eigenvalue weighted by molar-refractivity contribution is 5.61. The third kappa shape index (κ3) is 2.88. The van der Waals surface area contributed by atoms with E-state index in [1.54, 1.807) is 18.0 Å². The number of hydrogen-bond donors (Lipinski definition) is 1. The van der Waals surface area contributed by atoms with Gasteiger partial charge in [-0.1, -0.05) is 30.3 Å². The summed E-state index contributed by atoms with van der Waals surface area (Å²) < 4.78 is 12.4. The average Bonchev–Trinajstić information content (AvgIpc) is 2.91. The number of hydrogen-bond acceptors (Lipinski definition) is 6. The largest absolute Gasteiger partial charge is 0.491 e. The van der Waals surface area contributed by atoms with Gasteiger partial charge < -0.3 is 15.2 Å². The molecule has 124 valence electrons. The Morgan fingerprint density at radius 1 is 1.12 bits per heavy atom. The summed E-state index contributed by atoms with van der Waals surface area (Å²) in [5.41, 5.74) is 8.50. The summed E-state index contributed by atoms with van der Waals surface area (Å²) in [5, 5.41) is 4.61. The van der Waals surface area contributed by atoms with Crippen LogP contribution in [0.5, 0.6) is 11.6 Å². The van der Waals surface area contributed by atoms with Crippen molar-refractivity contribution in [2.75, 3.05) is 20.0 Å². The molecule has 3 aromatic rings. The maximum Gasteiger partial charge on any atom is 0.215 e. The number of benzene rings is 1. The normalized spacial score (nSPS) is 10.6. The minimum absolute atomic E-state index is 0.276. The molecule has 1 aromatic carbocycles. The lowest BCUT2D eigenvalue weighted by atomic mass is 10.2. The third-order valence-corrected chi connectivity index (χ3v) is 3.71. The highest BCUT2D eigenvalue weighted by Crippen LogP contribution is 2.29. The summed E-state index contributed by atoms with van der Waals surface area (Å²) in [7, 11) is 3.15. The molecule has 0 fully saturated rings. The van der Waals surface area contributed by atoms with Gasteiger partial charge in [0.15, 0.2) is 17.4 Å². The second-order valence-electron chi connectivity index (χ2n) is 5.27. The molecule has 0 saturated heterocycles. The van der Waals surface area contributed by atoms with Crippen molar-refractivity contribution in [2.24, 2.45) is 0 Å². The predicted molar refractivity (Wildman–Crippen MR) is 91.1 cm³/mol. The van der Waals surface area contributed by atoms with Crippen molar-refractivity contribution in [3.63, 3.8) is 0 Å². The Hall–Kier alpha value is -3.09. The highest BCUT2D eigenvalue weighted by Gasteiger charge is 2.19. The van der Waals surface area contributed by atoms with Crippen LogP contribution in [0.1, 0.15) is 11.1 Å². The molecule has 2 aromatic heterocycles. The molecule has 2 heterocycles. The molecule has 0 aliphatic carbocycles. The molecule has 0 atom stereocenters. The smallest absolute Gasteiger partial charge is 0.215 e. The van der Waals surface area contributed by atoms with Crippen LogP contribution in [0.15, 0.2) is 36.5 Å². The van der Waals surface area contributed by atoms with Crippen LogP contribution in [-0.2, 0) is 6.54 Å². The quantitative estimate of drug-likeness (QED) is 0.774. The van der Waals surface area contributed by atoms with Crippen molar-refractivity contribution < 1.29 is 9.47 Å². The molecule has 2 N–H and O–H groups in total. The van der Waals surface area contributed by atoms with Gasteiger partial charge >= 0.3 is 0 Å². The number of ether oxygens (including phenoxy) is 2. The summed E-state index contributed by atoms with van der Waals surface area (Å²) in [6.07, 6.45) is 1.54. The minimum Gasteiger partial charge on any atom is -0.491 e. The van der Waals surface area contributed by atoms with Gasteiger partial charge in [0, 0.05) is 5.56 Å². The lowest BCUT2D eigenvalue weighted by Gasteiger charge is -2.06. The zero-order valence-corrected chi connectivity index (χ0v) is 13.9. The summed E-state index contributed by atoms with van der Waals surface area (Å²) in [4.78, 5) is 8.57. The molecule has 0 amide bonds. The molecule has 0 bridgehead atoms. The molecule has 0 aliphatic rings. The molecule has 24 heavy (non-hydrogen) atoms. The van der Waals surface area contributed by atoms with E-state index in [0.29, 0.717) is 29.7 Å². The fourth-order valence-electron chi connectivity index (χ4n) is 2.53. The Bertz CT molecular complexity index is 846. The number of nitrogens with zero attached hydrogens (tertiary/aromatic N) is 4. The lowest BCUT2D eigenvalue weighted by Crippen LogP contribution is -2.04. The first-order valence-electron chi connectivity index (χ1n) is 7.46. The maximum atomic E-state index is 5.88. The first-order valence-corrected chi connectivity index (χ1v) is 7.46. The molecule has 0 spiro atoms. The number of methoxy groups -OCH3 is 2. The van der Waals surface area contributed by atoms with E-state index in [1.165, 1.54) is 7.11 Å². The van der Waals surface area contributed by atoms with Crippen LogP contribution in [0.2, 0.25) is 0 Å². The van der Waals surface area contributed by atoms with Gasteiger partial charge in [-0.2, -0.15) is 5.10 Å². The van der Waals surface area contributed by atoms with Crippen LogP contribution < -0.4 is 15.2 Å². The van der Waals surface area contributed by atoms with Crippen molar-refractivity contribution in [3.8, 4) is 23.1 Å². The van der Waals surface area contributed by atoms with Crippen LogP contribution in [0, 0.1) is 6.92 Å². The monoisotopic (exact) mass is 325 g/mol. The van der Waals surface area contributed by atoms with Crippen LogP contribution >= 0.6 is 0 Å². The summed E-state index contributed by atoms with van der Waals surface area (Å²) in [5.74, 6) is 1.83. The van der Waals surface area contributed by atoms with Gasteiger partial charge in [0.05, 0.1) is 27.0 Å². The van der Waals surface area contributed by atoms with Crippen LogP contribution in [-0.4, -0.2) is 34.0 Å². The van der Waals surface area contributed by atoms with Gasteiger partial charge in [-0.25, -0.2) is 14.6 Å². The Morgan fingerprint density at radius 2 is 1.88 bits per heavy atom. The fourth-order valence-corrected chi connectivity index (χ4v) is 2.53.